The second-order valence-corrected chi connectivity index (χ2v) is 11.0. The fourth-order valence-electron chi connectivity index (χ4n) is 5.38. The molecule has 0 unspecified atom stereocenters. The lowest BCUT2D eigenvalue weighted by atomic mass is 9.85. The zero-order valence-electron chi connectivity index (χ0n) is 24.2. The Labute approximate surface area is 240 Å². The van der Waals surface area contributed by atoms with E-state index in [2.05, 4.69) is 38.2 Å². The van der Waals surface area contributed by atoms with Crippen LogP contribution in [0.1, 0.15) is 53.4 Å². The standard InChI is InChI=1S/C35H34FNO4/c1-21-8-7-9-24(16-21)34(38)41-26-12-13-28(32(18-26)39-6)27-14-15-30-33(23(3)19-35(4,5)37-30)29(27)20-40-31-17-25(36)11-10-22(31)2/h7-19,37H,20H2,1-6H3. The number of hydrogen-bond acceptors (Lipinski definition) is 5. The average Bonchev–Trinajstić information content (AvgIpc) is 2.92. The van der Waals surface area contributed by atoms with E-state index in [1.165, 1.54) is 12.1 Å². The molecule has 4 aromatic carbocycles. The Kier molecular flexibility index (Phi) is 7.59. The second-order valence-electron chi connectivity index (χ2n) is 11.0. The second kappa shape index (κ2) is 11.1. The Bertz CT molecular complexity index is 1670. The van der Waals surface area contributed by atoms with E-state index < -0.39 is 5.97 Å². The van der Waals surface area contributed by atoms with Gasteiger partial charge in [-0.2, -0.15) is 0 Å². The molecule has 0 bridgehead atoms. The minimum atomic E-state index is -0.439. The minimum Gasteiger partial charge on any atom is -0.496 e. The number of allylic oxidation sites excluding steroid dienone is 1. The Morgan fingerprint density at radius 2 is 1.68 bits per heavy atom. The van der Waals surface area contributed by atoms with Crippen LogP contribution in [0.25, 0.3) is 16.7 Å². The lowest BCUT2D eigenvalue weighted by Crippen LogP contribution is -2.32. The predicted molar refractivity (Wildman–Crippen MR) is 161 cm³/mol. The Morgan fingerprint density at radius 1 is 0.902 bits per heavy atom. The summed E-state index contributed by atoms with van der Waals surface area (Å²) in [6.45, 7) is 10.4. The van der Waals surface area contributed by atoms with Crippen molar-refractivity contribution in [2.45, 2.75) is 46.8 Å². The van der Waals surface area contributed by atoms with Gasteiger partial charge in [0.1, 0.15) is 29.7 Å². The van der Waals surface area contributed by atoms with Crippen molar-refractivity contribution < 1.29 is 23.4 Å². The van der Waals surface area contributed by atoms with E-state index in [4.69, 9.17) is 14.2 Å². The van der Waals surface area contributed by atoms with Crippen molar-refractivity contribution in [2.24, 2.45) is 0 Å². The Balaban J connectivity index is 1.56. The number of hydrogen-bond donors (Lipinski definition) is 1. The van der Waals surface area contributed by atoms with Crippen molar-refractivity contribution in [3.8, 4) is 28.4 Å². The first-order valence-corrected chi connectivity index (χ1v) is 13.5. The SMILES string of the molecule is COc1cc(OC(=O)c2cccc(C)c2)ccc1-c1ccc2c(c1COc1cc(F)ccc1C)C(C)=CC(C)(C)N2. The number of aryl methyl sites for hydroxylation is 2. The van der Waals surface area contributed by atoms with Crippen molar-refractivity contribution in [2.75, 3.05) is 12.4 Å². The number of benzene rings is 4. The normalized spacial score (nSPS) is 13.5. The van der Waals surface area contributed by atoms with Gasteiger partial charge in [0.05, 0.1) is 18.2 Å². The Morgan fingerprint density at radius 3 is 2.44 bits per heavy atom. The van der Waals surface area contributed by atoms with E-state index in [9.17, 15) is 9.18 Å². The molecule has 1 aliphatic rings. The quantitative estimate of drug-likeness (QED) is 0.184. The third kappa shape index (κ3) is 5.97. The van der Waals surface area contributed by atoms with Crippen LogP contribution in [0.2, 0.25) is 0 Å². The van der Waals surface area contributed by atoms with Gasteiger partial charge in [0, 0.05) is 34.5 Å². The van der Waals surface area contributed by atoms with Crippen LogP contribution in [-0.2, 0) is 6.61 Å². The molecule has 0 fully saturated rings. The molecule has 1 heterocycles. The highest BCUT2D eigenvalue weighted by molar-refractivity contribution is 5.92. The molecule has 6 heteroatoms. The summed E-state index contributed by atoms with van der Waals surface area (Å²) >= 11 is 0. The molecule has 5 rings (SSSR count). The topological polar surface area (TPSA) is 56.8 Å². The van der Waals surface area contributed by atoms with Crippen molar-refractivity contribution in [1.29, 1.82) is 0 Å². The van der Waals surface area contributed by atoms with Crippen LogP contribution < -0.4 is 19.5 Å². The maximum atomic E-state index is 14.0. The summed E-state index contributed by atoms with van der Waals surface area (Å²) < 4.78 is 31.7. The molecule has 0 spiro atoms. The summed E-state index contributed by atoms with van der Waals surface area (Å²) in [5.41, 5.74) is 7.89. The number of rotatable bonds is 7. The van der Waals surface area contributed by atoms with Gasteiger partial charge >= 0.3 is 5.97 Å². The van der Waals surface area contributed by atoms with Crippen molar-refractivity contribution in [1.82, 2.24) is 0 Å². The smallest absolute Gasteiger partial charge is 0.343 e. The number of halogens is 1. The first kappa shape index (κ1) is 28.0. The number of carbonyl (C=O) groups excluding carboxylic acids is 1. The van der Waals surface area contributed by atoms with Crippen LogP contribution in [0.3, 0.4) is 0 Å². The molecule has 1 N–H and O–H groups in total. The summed E-state index contributed by atoms with van der Waals surface area (Å²) in [5.74, 6) is 0.630. The van der Waals surface area contributed by atoms with E-state index in [1.54, 1.807) is 37.4 Å². The first-order chi connectivity index (χ1) is 19.5. The van der Waals surface area contributed by atoms with Crippen molar-refractivity contribution in [3.63, 3.8) is 0 Å². The van der Waals surface area contributed by atoms with Crippen LogP contribution in [0.5, 0.6) is 17.2 Å². The van der Waals surface area contributed by atoms with Gasteiger partial charge in [0.15, 0.2) is 0 Å². The number of esters is 1. The molecule has 41 heavy (non-hydrogen) atoms. The first-order valence-electron chi connectivity index (χ1n) is 13.5. The molecule has 0 aliphatic carbocycles. The molecule has 210 valence electrons. The maximum Gasteiger partial charge on any atom is 0.343 e. The summed E-state index contributed by atoms with van der Waals surface area (Å²) in [6, 6.07) is 21.3. The molecule has 0 amide bonds. The summed E-state index contributed by atoms with van der Waals surface area (Å²) in [5, 5.41) is 3.60. The monoisotopic (exact) mass is 551 g/mol. The van der Waals surface area contributed by atoms with Gasteiger partial charge in [0.2, 0.25) is 0 Å². The molecule has 4 aromatic rings. The lowest BCUT2D eigenvalue weighted by molar-refractivity contribution is 0.0734. The van der Waals surface area contributed by atoms with Gasteiger partial charge in [-0.15, -0.1) is 0 Å². The highest BCUT2D eigenvalue weighted by atomic mass is 19.1. The molecular formula is C35H34FNO4. The van der Waals surface area contributed by atoms with Crippen LogP contribution in [0.15, 0.2) is 78.9 Å². The number of fused-ring (bicyclic) bond motifs is 1. The van der Waals surface area contributed by atoms with Gasteiger partial charge in [-0.1, -0.05) is 35.9 Å². The van der Waals surface area contributed by atoms with Crippen molar-refractivity contribution >= 4 is 17.2 Å². The summed E-state index contributed by atoms with van der Waals surface area (Å²) in [4.78, 5) is 12.8. The molecule has 0 aromatic heterocycles. The molecule has 0 radical (unpaired) electrons. The van der Waals surface area contributed by atoms with E-state index >= 15 is 0 Å². The Hall–Kier alpha value is -4.58. The number of anilines is 1. The highest BCUT2D eigenvalue weighted by Gasteiger charge is 2.27. The van der Waals surface area contributed by atoms with Gasteiger partial charge < -0.3 is 19.5 Å². The van der Waals surface area contributed by atoms with Gasteiger partial charge in [-0.05, 0) is 87.7 Å². The molecular weight excluding hydrogens is 517 g/mol. The third-order valence-electron chi connectivity index (χ3n) is 7.19. The van der Waals surface area contributed by atoms with Gasteiger partial charge in [0.25, 0.3) is 0 Å². The van der Waals surface area contributed by atoms with E-state index in [0.29, 0.717) is 22.8 Å². The zero-order chi connectivity index (χ0) is 29.3. The molecule has 1 aliphatic heterocycles. The third-order valence-corrected chi connectivity index (χ3v) is 7.19. The van der Waals surface area contributed by atoms with Crippen LogP contribution in [0.4, 0.5) is 10.1 Å². The van der Waals surface area contributed by atoms with Crippen LogP contribution >= 0.6 is 0 Å². The maximum absolute atomic E-state index is 14.0. The fraction of sp³-hybridized carbons (Fsp3) is 0.229. The zero-order valence-corrected chi connectivity index (χ0v) is 24.2. The van der Waals surface area contributed by atoms with Gasteiger partial charge in [-0.3, -0.25) is 0 Å². The largest absolute Gasteiger partial charge is 0.496 e. The number of carbonyl (C=O) groups is 1. The van der Waals surface area contributed by atoms with Gasteiger partial charge in [-0.25, -0.2) is 9.18 Å². The minimum absolute atomic E-state index is 0.212. The number of ether oxygens (including phenoxy) is 3. The van der Waals surface area contributed by atoms with Crippen molar-refractivity contribution in [3.05, 3.63) is 113 Å². The predicted octanol–water partition coefficient (Wildman–Crippen LogP) is 8.52. The number of methoxy groups -OCH3 is 1. The fourth-order valence-corrected chi connectivity index (χ4v) is 5.38. The van der Waals surface area contributed by atoms with E-state index in [0.717, 1.165) is 44.6 Å². The van der Waals surface area contributed by atoms with E-state index in [1.807, 2.05) is 38.1 Å². The van der Waals surface area contributed by atoms with E-state index in [-0.39, 0.29) is 18.0 Å². The summed E-state index contributed by atoms with van der Waals surface area (Å²) in [6.07, 6.45) is 2.20. The number of nitrogens with one attached hydrogen (secondary N) is 1. The summed E-state index contributed by atoms with van der Waals surface area (Å²) in [7, 11) is 1.59. The lowest BCUT2D eigenvalue weighted by Gasteiger charge is -2.33. The molecule has 0 saturated carbocycles. The van der Waals surface area contributed by atoms with Crippen LogP contribution in [-0.4, -0.2) is 18.6 Å². The molecule has 5 nitrogen and oxygen atoms in total. The highest BCUT2D eigenvalue weighted by Crippen LogP contribution is 2.43. The van der Waals surface area contributed by atoms with Crippen LogP contribution in [0, 0.1) is 19.7 Å². The molecule has 0 saturated heterocycles. The molecule has 0 atom stereocenters. The average molecular weight is 552 g/mol.